The van der Waals surface area contributed by atoms with Crippen molar-refractivity contribution in [3.63, 3.8) is 0 Å². The fourth-order valence-electron chi connectivity index (χ4n) is 3.95. The Morgan fingerprint density at radius 3 is 2.54 bits per heavy atom. The molecule has 184 valence electrons. The molecule has 35 heavy (non-hydrogen) atoms. The van der Waals surface area contributed by atoms with Crippen LogP contribution in [0.1, 0.15) is 23.1 Å². The van der Waals surface area contributed by atoms with E-state index in [0.717, 1.165) is 22.4 Å². The van der Waals surface area contributed by atoms with Crippen LogP contribution in [0.4, 0.5) is 4.39 Å². The molecule has 0 saturated heterocycles. The number of benzene rings is 3. The zero-order valence-corrected chi connectivity index (χ0v) is 20.6. The number of oxime groups is 1. The van der Waals surface area contributed by atoms with E-state index in [1.807, 2.05) is 36.4 Å². The first-order chi connectivity index (χ1) is 17.0. The van der Waals surface area contributed by atoms with Crippen molar-refractivity contribution in [3.05, 3.63) is 105 Å². The van der Waals surface area contributed by atoms with Crippen molar-refractivity contribution in [2.75, 3.05) is 19.7 Å². The Kier molecular flexibility index (Phi) is 9.12. The van der Waals surface area contributed by atoms with Crippen LogP contribution in [0.2, 0.25) is 10.0 Å². The van der Waals surface area contributed by atoms with Crippen molar-refractivity contribution >= 4 is 28.9 Å². The van der Waals surface area contributed by atoms with Gasteiger partial charge in [-0.25, -0.2) is 4.39 Å². The van der Waals surface area contributed by atoms with E-state index in [-0.39, 0.29) is 18.5 Å². The molecule has 0 aliphatic carbocycles. The molecule has 0 spiro atoms. The molecule has 0 radical (unpaired) electrons. The summed E-state index contributed by atoms with van der Waals surface area (Å²) in [4.78, 5) is 7.77. The van der Waals surface area contributed by atoms with Gasteiger partial charge in [-0.05, 0) is 35.4 Å². The summed E-state index contributed by atoms with van der Waals surface area (Å²) in [6.45, 7) is 2.06. The summed E-state index contributed by atoms with van der Waals surface area (Å²) in [5.74, 6) is -0.284. The molecule has 1 N–H and O–H groups in total. The Morgan fingerprint density at radius 2 is 1.80 bits per heavy atom. The minimum absolute atomic E-state index is 0.197. The third-order valence-electron chi connectivity index (χ3n) is 5.66. The number of hydrogen-bond acceptors (Lipinski definition) is 5. The average molecular weight is 517 g/mol. The summed E-state index contributed by atoms with van der Waals surface area (Å²) in [5, 5.41) is 15.9. The molecule has 1 aliphatic rings. The van der Waals surface area contributed by atoms with E-state index in [1.54, 1.807) is 24.3 Å². The van der Waals surface area contributed by atoms with E-state index in [1.165, 1.54) is 12.1 Å². The normalized spacial score (nSPS) is 16.3. The molecule has 1 aliphatic heterocycles. The number of hydrogen-bond donors (Lipinski definition) is 1. The highest BCUT2D eigenvalue weighted by Gasteiger charge is 2.26. The Labute approximate surface area is 214 Å². The predicted molar refractivity (Wildman–Crippen MR) is 136 cm³/mol. The van der Waals surface area contributed by atoms with Crippen molar-refractivity contribution in [2.24, 2.45) is 5.16 Å². The molecule has 0 bridgehead atoms. The fraction of sp³-hybridized carbons (Fsp3) is 0.296. The highest BCUT2D eigenvalue weighted by atomic mass is 35.5. The first-order valence-corrected chi connectivity index (χ1v) is 12.2. The van der Waals surface area contributed by atoms with Gasteiger partial charge in [0.15, 0.2) is 0 Å². The van der Waals surface area contributed by atoms with Crippen LogP contribution in [0.25, 0.3) is 0 Å². The molecule has 0 unspecified atom stereocenters. The SMILES string of the molecule is O[C@@H](COCc1ccccc1)CN(Cc1ccc(F)cc1)C[C@@H]1CC(c2ccc(Cl)c(Cl)c2)=NO1. The van der Waals surface area contributed by atoms with Crippen LogP contribution < -0.4 is 0 Å². The lowest BCUT2D eigenvalue weighted by molar-refractivity contribution is -0.00649. The van der Waals surface area contributed by atoms with Crippen molar-refractivity contribution < 1.29 is 19.1 Å². The quantitative estimate of drug-likeness (QED) is 0.354. The van der Waals surface area contributed by atoms with E-state index < -0.39 is 6.10 Å². The summed E-state index contributed by atoms with van der Waals surface area (Å²) in [7, 11) is 0. The Bertz CT molecular complexity index is 1130. The molecule has 3 aromatic carbocycles. The lowest BCUT2D eigenvalue weighted by atomic mass is 10.0. The van der Waals surface area contributed by atoms with Crippen LogP contribution in [0.5, 0.6) is 0 Å². The lowest BCUT2D eigenvalue weighted by Crippen LogP contribution is -2.39. The molecule has 0 fully saturated rings. The summed E-state index contributed by atoms with van der Waals surface area (Å²) < 4.78 is 19.1. The van der Waals surface area contributed by atoms with E-state index >= 15 is 0 Å². The topological polar surface area (TPSA) is 54.3 Å². The average Bonchev–Trinajstić information content (AvgIpc) is 3.31. The largest absolute Gasteiger partial charge is 0.390 e. The molecule has 0 amide bonds. The van der Waals surface area contributed by atoms with Gasteiger partial charge in [0.05, 0.1) is 35.1 Å². The molecule has 2 atom stereocenters. The van der Waals surface area contributed by atoms with Crippen LogP contribution in [-0.2, 0) is 22.7 Å². The van der Waals surface area contributed by atoms with E-state index in [2.05, 4.69) is 10.1 Å². The Balaban J connectivity index is 1.35. The molecular weight excluding hydrogens is 490 g/mol. The third-order valence-corrected chi connectivity index (χ3v) is 6.40. The molecule has 8 heteroatoms. The van der Waals surface area contributed by atoms with Crippen molar-refractivity contribution in [1.29, 1.82) is 0 Å². The minimum atomic E-state index is -0.698. The van der Waals surface area contributed by atoms with Gasteiger partial charge in [-0.2, -0.15) is 0 Å². The second-order valence-electron chi connectivity index (χ2n) is 8.57. The maximum absolute atomic E-state index is 13.4. The predicted octanol–water partition coefficient (Wildman–Crippen LogP) is 5.71. The monoisotopic (exact) mass is 516 g/mol. The van der Waals surface area contributed by atoms with Gasteiger partial charge < -0.3 is 14.7 Å². The maximum atomic E-state index is 13.4. The van der Waals surface area contributed by atoms with Crippen molar-refractivity contribution in [3.8, 4) is 0 Å². The highest BCUT2D eigenvalue weighted by Crippen LogP contribution is 2.26. The van der Waals surface area contributed by atoms with Crippen LogP contribution in [0, 0.1) is 5.82 Å². The number of ether oxygens (including phenoxy) is 1. The van der Waals surface area contributed by atoms with Gasteiger partial charge in [-0.15, -0.1) is 0 Å². The number of aliphatic hydroxyl groups excluding tert-OH is 1. The van der Waals surface area contributed by atoms with Gasteiger partial charge in [-0.3, -0.25) is 4.90 Å². The van der Waals surface area contributed by atoms with Crippen LogP contribution in [0.15, 0.2) is 78.0 Å². The van der Waals surface area contributed by atoms with E-state index in [4.69, 9.17) is 32.8 Å². The van der Waals surface area contributed by atoms with Gasteiger partial charge in [-0.1, -0.05) is 76.9 Å². The molecule has 5 nitrogen and oxygen atoms in total. The molecular formula is C27H27Cl2FN2O3. The molecule has 4 rings (SSSR count). The molecule has 0 aromatic heterocycles. The fourth-order valence-corrected chi connectivity index (χ4v) is 4.25. The minimum Gasteiger partial charge on any atom is -0.390 e. The van der Waals surface area contributed by atoms with Crippen molar-refractivity contribution in [2.45, 2.75) is 31.8 Å². The summed E-state index contributed by atoms with van der Waals surface area (Å²) in [6, 6.07) is 21.6. The summed E-state index contributed by atoms with van der Waals surface area (Å²) in [5.41, 5.74) is 3.64. The van der Waals surface area contributed by atoms with E-state index in [9.17, 15) is 9.50 Å². The third kappa shape index (κ3) is 7.75. The Hall–Kier alpha value is -2.48. The molecule has 1 heterocycles. The summed E-state index contributed by atoms with van der Waals surface area (Å²) >= 11 is 12.2. The number of rotatable bonds is 11. The second kappa shape index (κ2) is 12.5. The first-order valence-electron chi connectivity index (χ1n) is 11.4. The maximum Gasteiger partial charge on any atom is 0.145 e. The molecule has 3 aromatic rings. The van der Waals surface area contributed by atoms with E-state index in [0.29, 0.717) is 42.7 Å². The highest BCUT2D eigenvalue weighted by molar-refractivity contribution is 6.42. The van der Waals surface area contributed by atoms with Gasteiger partial charge in [0.1, 0.15) is 11.9 Å². The standard InChI is InChI=1S/C27H27Cl2FN2O3/c28-25-11-8-21(12-26(25)29)27-13-24(35-31-27)16-32(14-19-6-9-22(30)10-7-19)15-23(33)18-34-17-20-4-2-1-3-5-20/h1-12,23-24,33H,13-18H2/t23-,24+/m1/s1. The number of halogens is 3. The van der Waals surface area contributed by atoms with Crippen molar-refractivity contribution in [1.82, 2.24) is 4.90 Å². The van der Waals surface area contributed by atoms with Crippen LogP contribution in [-0.4, -0.2) is 47.6 Å². The molecule has 0 saturated carbocycles. The van der Waals surface area contributed by atoms with Gasteiger partial charge >= 0.3 is 0 Å². The second-order valence-corrected chi connectivity index (χ2v) is 9.39. The van der Waals surface area contributed by atoms with Gasteiger partial charge in [0.25, 0.3) is 0 Å². The zero-order valence-electron chi connectivity index (χ0n) is 19.1. The zero-order chi connectivity index (χ0) is 24.6. The number of aliphatic hydroxyl groups is 1. The van der Waals surface area contributed by atoms with Crippen LogP contribution in [0.3, 0.4) is 0 Å². The smallest absolute Gasteiger partial charge is 0.145 e. The number of nitrogens with zero attached hydrogens (tertiary/aromatic N) is 2. The summed E-state index contributed by atoms with van der Waals surface area (Å²) in [6.07, 6.45) is -0.299. The van der Waals surface area contributed by atoms with Gasteiger partial charge in [0.2, 0.25) is 0 Å². The lowest BCUT2D eigenvalue weighted by Gasteiger charge is -2.27. The first kappa shape index (κ1) is 25.6. The van der Waals surface area contributed by atoms with Gasteiger partial charge in [0, 0.05) is 31.6 Å². The van der Waals surface area contributed by atoms with Crippen LogP contribution >= 0.6 is 23.2 Å². The Morgan fingerprint density at radius 1 is 1.03 bits per heavy atom.